The van der Waals surface area contributed by atoms with E-state index in [0.29, 0.717) is 10.0 Å². The highest BCUT2D eigenvalue weighted by molar-refractivity contribution is 9.10. The SMILES string of the molecule is Cc1ccc(F)c(C=CC(N)=O)c1Br. The minimum atomic E-state index is -0.599. The summed E-state index contributed by atoms with van der Waals surface area (Å²) in [5.74, 6) is -0.988. The van der Waals surface area contributed by atoms with E-state index >= 15 is 0 Å². The van der Waals surface area contributed by atoms with Gasteiger partial charge in [0.2, 0.25) is 5.91 Å². The number of aryl methyl sites for hydroxylation is 1. The Bertz CT molecular complexity index is 401. The number of carbonyl (C=O) groups excluding carboxylic acids is 1. The van der Waals surface area contributed by atoms with Crippen LogP contribution in [0.25, 0.3) is 6.08 Å². The lowest BCUT2D eigenvalue weighted by Crippen LogP contribution is -2.05. The summed E-state index contributed by atoms with van der Waals surface area (Å²) in [6, 6.07) is 3.00. The van der Waals surface area contributed by atoms with E-state index in [4.69, 9.17) is 5.73 Å². The van der Waals surface area contributed by atoms with E-state index in [1.54, 1.807) is 6.07 Å². The Kier molecular flexibility index (Phi) is 3.41. The lowest BCUT2D eigenvalue weighted by molar-refractivity contribution is -0.113. The number of nitrogens with two attached hydrogens (primary N) is 1. The van der Waals surface area contributed by atoms with Gasteiger partial charge in [0.05, 0.1) is 0 Å². The van der Waals surface area contributed by atoms with Gasteiger partial charge >= 0.3 is 0 Å². The Morgan fingerprint density at radius 1 is 1.57 bits per heavy atom. The van der Waals surface area contributed by atoms with Gasteiger partial charge in [0.25, 0.3) is 0 Å². The molecule has 1 aromatic rings. The zero-order valence-electron chi connectivity index (χ0n) is 7.55. The van der Waals surface area contributed by atoms with Crippen molar-refractivity contribution in [1.29, 1.82) is 0 Å². The Morgan fingerprint density at radius 2 is 2.21 bits per heavy atom. The number of benzene rings is 1. The predicted molar refractivity (Wildman–Crippen MR) is 57.1 cm³/mol. The third kappa shape index (κ3) is 2.42. The Balaban J connectivity index is 3.19. The van der Waals surface area contributed by atoms with Gasteiger partial charge in [-0.2, -0.15) is 0 Å². The van der Waals surface area contributed by atoms with Crippen molar-refractivity contribution in [2.75, 3.05) is 0 Å². The summed E-state index contributed by atoms with van der Waals surface area (Å²) in [5.41, 5.74) is 6.15. The lowest BCUT2D eigenvalue weighted by Gasteiger charge is -2.03. The van der Waals surface area contributed by atoms with Crippen LogP contribution in [0.4, 0.5) is 4.39 Å². The molecule has 0 fully saturated rings. The van der Waals surface area contributed by atoms with Gasteiger partial charge in [-0.1, -0.05) is 6.07 Å². The van der Waals surface area contributed by atoms with Gasteiger partial charge in [-0.25, -0.2) is 4.39 Å². The van der Waals surface area contributed by atoms with Crippen LogP contribution >= 0.6 is 15.9 Å². The number of halogens is 2. The molecule has 0 saturated heterocycles. The Hall–Kier alpha value is -1.16. The molecule has 0 aliphatic rings. The Labute approximate surface area is 89.7 Å². The van der Waals surface area contributed by atoms with Crippen LogP contribution < -0.4 is 5.73 Å². The van der Waals surface area contributed by atoms with Gasteiger partial charge in [0, 0.05) is 16.1 Å². The van der Waals surface area contributed by atoms with Crippen LogP contribution in [0.5, 0.6) is 0 Å². The highest BCUT2D eigenvalue weighted by atomic mass is 79.9. The fraction of sp³-hybridized carbons (Fsp3) is 0.100. The van der Waals surface area contributed by atoms with Crippen LogP contribution in [-0.2, 0) is 4.79 Å². The molecule has 0 radical (unpaired) electrons. The van der Waals surface area contributed by atoms with Gasteiger partial charge in [0.15, 0.2) is 0 Å². The average Bonchev–Trinajstić information content (AvgIpc) is 2.11. The first-order chi connectivity index (χ1) is 6.52. The first-order valence-corrected chi connectivity index (χ1v) is 4.74. The standard InChI is InChI=1S/C10H9BrFNO/c1-6-2-4-8(12)7(10(6)11)3-5-9(13)14/h2-5H,1H3,(H2,13,14). The van der Waals surface area contributed by atoms with E-state index in [1.165, 1.54) is 12.1 Å². The predicted octanol–water partition coefficient (Wildman–Crippen LogP) is 2.40. The van der Waals surface area contributed by atoms with Crippen LogP contribution in [0.3, 0.4) is 0 Å². The van der Waals surface area contributed by atoms with E-state index in [1.807, 2.05) is 6.92 Å². The zero-order valence-corrected chi connectivity index (χ0v) is 9.14. The second-order valence-corrected chi connectivity index (χ2v) is 3.62. The maximum absolute atomic E-state index is 13.2. The molecule has 2 nitrogen and oxygen atoms in total. The molecule has 0 saturated carbocycles. The molecule has 2 N–H and O–H groups in total. The minimum Gasteiger partial charge on any atom is -0.366 e. The number of hydrogen-bond donors (Lipinski definition) is 1. The summed E-state index contributed by atoms with van der Waals surface area (Å²) < 4.78 is 13.9. The van der Waals surface area contributed by atoms with Crippen LogP contribution in [-0.4, -0.2) is 5.91 Å². The molecular formula is C10H9BrFNO. The molecule has 0 aliphatic heterocycles. The zero-order chi connectivity index (χ0) is 10.7. The highest BCUT2D eigenvalue weighted by Crippen LogP contribution is 2.24. The van der Waals surface area contributed by atoms with Crippen molar-refractivity contribution in [2.45, 2.75) is 6.92 Å². The topological polar surface area (TPSA) is 43.1 Å². The van der Waals surface area contributed by atoms with Gasteiger partial charge in [0.1, 0.15) is 5.82 Å². The smallest absolute Gasteiger partial charge is 0.241 e. The van der Waals surface area contributed by atoms with Crippen LogP contribution in [0, 0.1) is 12.7 Å². The molecule has 1 amide bonds. The van der Waals surface area contributed by atoms with E-state index < -0.39 is 5.91 Å². The molecule has 0 aromatic heterocycles. The molecule has 14 heavy (non-hydrogen) atoms. The van der Waals surface area contributed by atoms with Crippen LogP contribution in [0.15, 0.2) is 22.7 Å². The summed E-state index contributed by atoms with van der Waals surface area (Å²) in [6.45, 7) is 1.84. The van der Waals surface area contributed by atoms with E-state index in [9.17, 15) is 9.18 Å². The number of primary amides is 1. The Morgan fingerprint density at radius 3 is 2.79 bits per heavy atom. The number of hydrogen-bond acceptors (Lipinski definition) is 1. The van der Waals surface area contributed by atoms with Crippen molar-refractivity contribution in [3.63, 3.8) is 0 Å². The third-order valence-corrected chi connectivity index (χ3v) is 2.79. The summed E-state index contributed by atoms with van der Waals surface area (Å²) in [6.07, 6.45) is 2.48. The number of amides is 1. The van der Waals surface area contributed by atoms with Crippen LogP contribution in [0.2, 0.25) is 0 Å². The summed E-state index contributed by atoms with van der Waals surface area (Å²) in [7, 11) is 0. The van der Waals surface area contributed by atoms with Crippen LogP contribution in [0.1, 0.15) is 11.1 Å². The number of rotatable bonds is 2. The van der Waals surface area contributed by atoms with E-state index in [-0.39, 0.29) is 5.82 Å². The first kappa shape index (κ1) is 10.9. The second-order valence-electron chi connectivity index (χ2n) is 2.83. The minimum absolute atomic E-state index is 0.337. The molecule has 0 spiro atoms. The van der Waals surface area contributed by atoms with Crippen molar-refractivity contribution >= 4 is 27.9 Å². The average molecular weight is 258 g/mol. The van der Waals surface area contributed by atoms with E-state index in [0.717, 1.165) is 11.6 Å². The quantitative estimate of drug-likeness (QED) is 0.813. The van der Waals surface area contributed by atoms with Gasteiger partial charge < -0.3 is 5.73 Å². The molecular weight excluding hydrogens is 249 g/mol. The number of carbonyl (C=O) groups is 1. The van der Waals surface area contributed by atoms with Crippen molar-refractivity contribution in [1.82, 2.24) is 0 Å². The summed E-state index contributed by atoms with van der Waals surface area (Å²) in [4.78, 5) is 10.5. The highest BCUT2D eigenvalue weighted by Gasteiger charge is 2.05. The van der Waals surface area contributed by atoms with E-state index in [2.05, 4.69) is 15.9 Å². The molecule has 0 unspecified atom stereocenters. The van der Waals surface area contributed by atoms with Gasteiger partial charge in [-0.3, -0.25) is 4.79 Å². The monoisotopic (exact) mass is 257 g/mol. The molecule has 74 valence electrons. The third-order valence-electron chi connectivity index (χ3n) is 1.73. The molecule has 0 bridgehead atoms. The summed E-state index contributed by atoms with van der Waals surface area (Å²) in [5, 5.41) is 0. The second kappa shape index (κ2) is 4.37. The maximum Gasteiger partial charge on any atom is 0.241 e. The molecule has 0 heterocycles. The van der Waals surface area contributed by atoms with Crippen molar-refractivity contribution in [2.24, 2.45) is 5.73 Å². The molecule has 1 rings (SSSR count). The summed E-state index contributed by atoms with van der Waals surface area (Å²) >= 11 is 3.24. The fourth-order valence-electron chi connectivity index (χ4n) is 0.997. The fourth-order valence-corrected chi connectivity index (χ4v) is 1.45. The lowest BCUT2D eigenvalue weighted by atomic mass is 10.1. The van der Waals surface area contributed by atoms with Crippen molar-refractivity contribution in [3.8, 4) is 0 Å². The van der Waals surface area contributed by atoms with Gasteiger partial charge in [-0.05, 0) is 40.6 Å². The first-order valence-electron chi connectivity index (χ1n) is 3.94. The normalized spacial score (nSPS) is 10.8. The largest absolute Gasteiger partial charge is 0.366 e. The van der Waals surface area contributed by atoms with Gasteiger partial charge in [-0.15, -0.1) is 0 Å². The molecule has 1 aromatic carbocycles. The maximum atomic E-state index is 13.2. The van der Waals surface area contributed by atoms with Crippen molar-refractivity contribution in [3.05, 3.63) is 39.6 Å². The molecule has 4 heteroatoms. The molecule has 0 aliphatic carbocycles. The van der Waals surface area contributed by atoms with Crippen molar-refractivity contribution < 1.29 is 9.18 Å². The molecule has 0 atom stereocenters.